The molecule has 0 aromatic carbocycles. The van der Waals surface area contributed by atoms with E-state index in [0.717, 1.165) is 22.7 Å². The molecule has 0 aliphatic heterocycles. The van der Waals surface area contributed by atoms with Crippen molar-refractivity contribution in [3.8, 4) is 0 Å². The first-order chi connectivity index (χ1) is 11.0. The van der Waals surface area contributed by atoms with E-state index in [-0.39, 0.29) is 11.9 Å². The normalized spacial score (nSPS) is 12.4. The number of likely N-dealkylation sites (N-methyl/N-ethyl adjacent to an activating group) is 1. The van der Waals surface area contributed by atoms with Gasteiger partial charge in [-0.05, 0) is 38.9 Å². The summed E-state index contributed by atoms with van der Waals surface area (Å²) in [6.45, 7) is 7.14. The maximum atomic E-state index is 12.1. The highest BCUT2D eigenvalue weighted by Crippen LogP contribution is 2.28. The maximum Gasteiger partial charge on any atom is 0.234 e. The Bertz CT molecular complexity index is 641. The highest BCUT2D eigenvalue weighted by atomic mass is 32.1. The number of carbonyl (C=O) groups is 1. The molecule has 23 heavy (non-hydrogen) atoms. The standard InChI is InChI=1S/C17H24N4OS/c1-5-16-20-12(2)17(23-16)13(3)21(4)11-15(22)19-10-14-7-6-8-18-9-14/h6-9,13H,5,10-11H2,1-4H3,(H,19,22). The molecule has 0 fully saturated rings. The molecule has 6 heteroatoms. The molecular weight excluding hydrogens is 308 g/mol. The topological polar surface area (TPSA) is 58.1 Å². The van der Waals surface area contributed by atoms with Crippen LogP contribution in [0.5, 0.6) is 0 Å². The molecule has 1 amide bonds. The Morgan fingerprint density at radius 3 is 2.87 bits per heavy atom. The molecule has 0 bridgehead atoms. The van der Waals surface area contributed by atoms with Crippen molar-refractivity contribution in [2.75, 3.05) is 13.6 Å². The van der Waals surface area contributed by atoms with Crippen molar-refractivity contribution in [2.45, 2.75) is 39.8 Å². The molecule has 1 unspecified atom stereocenters. The first-order valence-electron chi connectivity index (χ1n) is 7.83. The third kappa shape index (κ3) is 4.84. The Kier molecular flexibility index (Phi) is 6.24. The summed E-state index contributed by atoms with van der Waals surface area (Å²) < 4.78 is 0. The largest absolute Gasteiger partial charge is 0.351 e. The zero-order chi connectivity index (χ0) is 16.8. The fraction of sp³-hybridized carbons (Fsp3) is 0.471. The van der Waals surface area contributed by atoms with Gasteiger partial charge in [-0.2, -0.15) is 0 Å². The van der Waals surface area contributed by atoms with Crippen molar-refractivity contribution >= 4 is 17.2 Å². The van der Waals surface area contributed by atoms with Crippen LogP contribution in [0.15, 0.2) is 24.5 Å². The van der Waals surface area contributed by atoms with Crippen LogP contribution in [-0.4, -0.2) is 34.4 Å². The fourth-order valence-electron chi connectivity index (χ4n) is 2.33. The lowest BCUT2D eigenvalue weighted by atomic mass is 10.2. The van der Waals surface area contributed by atoms with Crippen molar-refractivity contribution < 1.29 is 4.79 Å². The third-order valence-corrected chi connectivity index (χ3v) is 5.30. The van der Waals surface area contributed by atoms with Crippen LogP contribution in [0, 0.1) is 6.92 Å². The summed E-state index contributed by atoms with van der Waals surface area (Å²) >= 11 is 1.74. The molecule has 0 spiro atoms. The van der Waals surface area contributed by atoms with Crippen LogP contribution >= 0.6 is 11.3 Å². The van der Waals surface area contributed by atoms with E-state index < -0.39 is 0 Å². The van der Waals surface area contributed by atoms with Gasteiger partial charge in [0.2, 0.25) is 5.91 Å². The van der Waals surface area contributed by atoms with Crippen LogP contribution in [0.4, 0.5) is 0 Å². The van der Waals surface area contributed by atoms with Crippen LogP contribution in [0.1, 0.15) is 41.0 Å². The van der Waals surface area contributed by atoms with Gasteiger partial charge in [-0.25, -0.2) is 4.98 Å². The zero-order valence-electron chi connectivity index (χ0n) is 14.2. The first-order valence-corrected chi connectivity index (χ1v) is 8.65. The highest BCUT2D eigenvalue weighted by molar-refractivity contribution is 7.11. The number of hydrogen-bond donors (Lipinski definition) is 1. The van der Waals surface area contributed by atoms with Crippen molar-refractivity contribution in [3.05, 3.63) is 45.7 Å². The summed E-state index contributed by atoms with van der Waals surface area (Å²) in [5, 5.41) is 4.09. The molecule has 0 saturated heterocycles. The molecule has 2 aromatic heterocycles. The average molecular weight is 332 g/mol. The van der Waals surface area contributed by atoms with E-state index in [4.69, 9.17) is 0 Å². The van der Waals surface area contributed by atoms with Gasteiger partial charge in [-0.3, -0.25) is 14.7 Å². The number of carbonyl (C=O) groups excluding carboxylic acids is 1. The molecule has 1 atom stereocenters. The van der Waals surface area contributed by atoms with Crippen LogP contribution < -0.4 is 5.32 Å². The van der Waals surface area contributed by atoms with E-state index in [2.05, 4.69) is 34.0 Å². The van der Waals surface area contributed by atoms with Gasteiger partial charge in [0.15, 0.2) is 0 Å². The number of nitrogens with one attached hydrogen (secondary N) is 1. The Balaban J connectivity index is 1.88. The quantitative estimate of drug-likeness (QED) is 0.847. The second-order valence-electron chi connectivity index (χ2n) is 5.64. The predicted octanol–water partition coefficient (Wildman–Crippen LogP) is 2.72. The van der Waals surface area contributed by atoms with Crippen LogP contribution in [0.25, 0.3) is 0 Å². The van der Waals surface area contributed by atoms with E-state index in [0.29, 0.717) is 13.1 Å². The molecule has 2 aromatic rings. The van der Waals surface area contributed by atoms with Crippen molar-refractivity contribution in [1.82, 2.24) is 20.2 Å². The van der Waals surface area contributed by atoms with Gasteiger partial charge in [0.25, 0.3) is 0 Å². The Hall–Kier alpha value is -1.79. The number of hydrogen-bond acceptors (Lipinski definition) is 5. The fourth-order valence-corrected chi connectivity index (χ4v) is 3.45. The molecular formula is C17H24N4OS. The minimum Gasteiger partial charge on any atom is -0.351 e. The molecule has 2 heterocycles. The minimum absolute atomic E-state index is 0.0149. The van der Waals surface area contributed by atoms with Gasteiger partial charge in [0, 0.05) is 29.9 Å². The number of aryl methyl sites for hydroxylation is 2. The Labute approximate surface area is 141 Å². The number of amides is 1. The lowest BCUT2D eigenvalue weighted by Crippen LogP contribution is -2.36. The molecule has 0 aliphatic carbocycles. The van der Waals surface area contributed by atoms with E-state index >= 15 is 0 Å². The maximum absolute atomic E-state index is 12.1. The van der Waals surface area contributed by atoms with Gasteiger partial charge >= 0.3 is 0 Å². The molecule has 0 saturated carbocycles. The van der Waals surface area contributed by atoms with E-state index in [1.165, 1.54) is 4.88 Å². The second kappa shape index (κ2) is 8.17. The number of nitrogens with zero attached hydrogens (tertiary/aromatic N) is 3. The van der Waals surface area contributed by atoms with Crippen LogP contribution in [0.3, 0.4) is 0 Å². The van der Waals surface area contributed by atoms with E-state index in [1.807, 2.05) is 26.1 Å². The Morgan fingerprint density at radius 2 is 2.26 bits per heavy atom. The summed E-state index contributed by atoms with van der Waals surface area (Å²) in [6.07, 6.45) is 4.44. The van der Waals surface area contributed by atoms with Crippen molar-refractivity contribution in [1.29, 1.82) is 0 Å². The SMILES string of the molecule is CCc1nc(C)c(C(C)N(C)CC(=O)NCc2cccnc2)s1. The molecule has 124 valence electrons. The van der Waals surface area contributed by atoms with E-state index in [1.54, 1.807) is 23.7 Å². The smallest absolute Gasteiger partial charge is 0.234 e. The summed E-state index contributed by atoms with van der Waals surface area (Å²) in [5.74, 6) is 0.0149. The first kappa shape index (κ1) is 17.6. The van der Waals surface area contributed by atoms with Gasteiger partial charge in [-0.15, -0.1) is 11.3 Å². The second-order valence-corrected chi connectivity index (χ2v) is 6.76. The number of thiazole rings is 1. The molecule has 5 nitrogen and oxygen atoms in total. The molecule has 1 N–H and O–H groups in total. The van der Waals surface area contributed by atoms with Crippen LogP contribution in [0.2, 0.25) is 0 Å². The monoisotopic (exact) mass is 332 g/mol. The van der Waals surface area contributed by atoms with Crippen molar-refractivity contribution in [3.63, 3.8) is 0 Å². The summed E-state index contributed by atoms with van der Waals surface area (Å²) in [5.41, 5.74) is 2.07. The van der Waals surface area contributed by atoms with Gasteiger partial charge in [-0.1, -0.05) is 13.0 Å². The predicted molar refractivity (Wildman–Crippen MR) is 93.4 cm³/mol. The molecule has 0 radical (unpaired) electrons. The van der Waals surface area contributed by atoms with Gasteiger partial charge in [0.1, 0.15) is 0 Å². The number of aromatic nitrogens is 2. The van der Waals surface area contributed by atoms with E-state index in [9.17, 15) is 4.79 Å². The lowest BCUT2D eigenvalue weighted by molar-refractivity contribution is -0.122. The summed E-state index contributed by atoms with van der Waals surface area (Å²) in [6, 6.07) is 4.00. The lowest BCUT2D eigenvalue weighted by Gasteiger charge is -2.23. The minimum atomic E-state index is 0.0149. The summed E-state index contributed by atoms with van der Waals surface area (Å²) in [7, 11) is 1.97. The van der Waals surface area contributed by atoms with Crippen molar-refractivity contribution in [2.24, 2.45) is 0 Å². The molecule has 2 rings (SSSR count). The average Bonchev–Trinajstić information content (AvgIpc) is 2.94. The number of rotatable bonds is 7. The van der Waals surface area contributed by atoms with Gasteiger partial charge in [0.05, 0.1) is 17.2 Å². The number of pyridine rings is 1. The summed E-state index contributed by atoms with van der Waals surface area (Å²) in [4.78, 5) is 24.0. The highest BCUT2D eigenvalue weighted by Gasteiger charge is 2.19. The third-order valence-electron chi connectivity index (χ3n) is 3.83. The van der Waals surface area contributed by atoms with Gasteiger partial charge < -0.3 is 5.32 Å². The molecule has 0 aliphatic rings. The zero-order valence-corrected chi connectivity index (χ0v) is 15.0. The van der Waals surface area contributed by atoms with Crippen LogP contribution in [-0.2, 0) is 17.8 Å². The Morgan fingerprint density at radius 1 is 1.48 bits per heavy atom.